The fraction of sp³-hybridized carbons (Fsp3) is 0.222. The normalized spacial score (nSPS) is 24.5. The zero-order chi connectivity index (χ0) is 17.1. The minimum absolute atomic E-state index is 0.123. The summed E-state index contributed by atoms with van der Waals surface area (Å²) >= 11 is 13.6. The molecule has 4 nitrogen and oxygen atoms in total. The van der Waals surface area contributed by atoms with Crippen molar-refractivity contribution in [3.63, 3.8) is 0 Å². The molecule has 24 heavy (non-hydrogen) atoms. The zero-order valence-corrected chi connectivity index (χ0v) is 14.7. The molecule has 0 bridgehead atoms. The molecular weight excluding hydrogens is 345 g/mol. The third kappa shape index (κ3) is 1.65. The molecule has 0 N–H and O–H groups in total. The quantitative estimate of drug-likeness (QED) is 0.721. The summed E-state index contributed by atoms with van der Waals surface area (Å²) in [6, 6.07) is 17.0. The van der Waals surface area contributed by atoms with Gasteiger partial charge in [0.2, 0.25) is 10.00 Å². The topological polar surface area (TPSA) is 35.9 Å². The van der Waals surface area contributed by atoms with E-state index in [2.05, 4.69) is 5.10 Å². The second kappa shape index (κ2) is 4.98. The number of anilines is 1. The Balaban J connectivity index is 2.05. The van der Waals surface area contributed by atoms with E-state index < -0.39 is 10.00 Å². The number of amides is 1. The molecule has 1 atom stereocenters. The van der Waals surface area contributed by atoms with Crippen molar-refractivity contribution < 1.29 is 4.79 Å². The van der Waals surface area contributed by atoms with Crippen LogP contribution in [0.1, 0.15) is 22.8 Å². The van der Waals surface area contributed by atoms with E-state index in [1.165, 1.54) is 0 Å². The lowest BCUT2D eigenvalue weighted by Gasteiger charge is -2.45. The second-order valence-electron chi connectivity index (χ2n) is 5.99. The van der Waals surface area contributed by atoms with Crippen molar-refractivity contribution in [2.75, 3.05) is 12.1 Å². The summed E-state index contributed by atoms with van der Waals surface area (Å²) in [7, 11) is 1.71. The summed E-state index contributed by atoms with van der Waals surface area (Å²) in [5.74, 6) is -0.123. The molecule has 6 heteroatoms. The maximum atomic E-state index is 12.9. The maximum absolute atomic E-state index is 12.9. The third-order valence-electron chi connectivity index (χ3n) is 4.77. The van der Waals surface area contributed by atoms with Gasteiger partial charge in [-0.15, -0.1) is 0 Å². The predicted molar refractivity (Wildman–Crippen MR) is 96.7 cm³/mol. The van der Waals surface area contributed by atoms with E-state index in [-0.39, 0.29) is 5.91 Å². The fourth-order valence-electron chi connectivity index (χ4n) is 3.60. The lowest BCUT2D eigenvalue weighted by molar-refractivity contribution is 0.0637. The summed E-state index contributed by atoms with van der Waals surface area (Å²) in [6.45, 7) is 1.78. The first kappa shape index (κ1) is 15.5. The molecule has 2 aliphatic rings. The van der Waals surface area contributed by atoms with E-state index in [0.717, 1.165) is 11.3 Å². The van der Waals surface area contributed by atoms with Gasteiger partial charge in [-0.3, -0.25) is 4.79 Å². The number of benzene rings is 2. The summed E-state index contributed by atoms with van der Waals surface area (Å²) in [4.78, 5) is 14.4. The van der Waals surface area contributed by atoms with E-state index in [9.17, 15) is 4.79 Å². The maximum Gasteiger partial charge on any atom is 0.256 e. The molecule has 122 valence electrons. The smallest absolute Gasteiger partial charge is 0.256 e. The molecule has 2 aromatic rings. The number of alkyl halides is 2. The van der Waals surface area contributed by atoms with Crippen molar-refractivity contribution >= 4 is 40.5 Å². The summed E-state index contributed by atoms with van der Waals surface area (Å²) in [5, 5.41) is 6.38. The van der Waals surface area contributed by atoms with Crippen molar-refractivity contribution in [3.05, 3.63) is 65.7 Å². The third-order valence-corrected chi connectivity index (χ3v) is 5.85. The van der Waals surface area contributed by atoms with Crippen LogP contribution in [0.3, 0.4) is 0 Å². The Morgan fingerprint density at radius 3 is 2.33 bits per heavy atom. The Hall–Kier alpha value is -2.04. The Labute approximate surface area is 150 Å². The van der Waals surface area contributed by atoms with E-state index in [1.807, 2.05) is 48.5 Å². The van der Waals surface area contributed by atoms with Gasteiger partial charge in [-0.25, -0.2) is 5.01 Å². The van der Waals surface area contributed by atoms with Crippen LogP contribution in [0.4, 0.5) is 5.69 Å². The van der Waals surface area contributed by atoms with Crippen LogP contribution in [0.25, 0.3) is 0 Å². The van der Waals surface area contributed by atoms with Crippen molar-refractivity contribution in [3.8, 4) is 0 Å². The Morgan fingerprint density at radius 1 is 1.00 bits per heavy atom. The average molecular weight is 360 g/mol. The van der Waals surface area contributed by atoms with Gasteiger partial charge >= 0.3 is 0 Å². The molecule has 4 rings (SSSR count). The van der Waals surface area contributed by atoms with Crippen molar-refractivity contribution in [2.45, 2.75) is 16.9 Å². The molecule has 0 fully saturated rings. The van der Waals surface area contributed by atoms with Gasteiger partial charge in [0, 0.05) is 18.2 Å². The summed E-state index contributed by atoms with van der Waals surface area (Å²) in [5.41, 5.74) is 1.60. The van der Waals surface area contributed by atoms with E-state index >= 15 is 0 Å². The van der Waals surface area contributed by atoms with Crippen LogP contribution in [0, 0.1) is 0 Å². The van der Waals surface area contributed by atoms with Gasteiger partial charge in [-0.1, -0.05) is 59.6 Å². The lowest BCUT2D eigenvalue weighted by Crippen LogP contribution is -2.60. The van der Waals surface area contributed by atoms with Crippen molar-refractivity contribution in [1.29, 1.82) is 0 Å². The van der Waals surface area contributed by atoms with Crippen LogP contribution in [0.2, 0.25) is 0 Å². The first-order chi connectivity index (χ1) is 11.4. The van der Waals surface area contributed by atoms with Crippen molar-refractivity contribution in [1.82, 2.24) is 4.90 Å². The number of carbonyl (C=O) groups is 1. The second-order valence-corrected chi connectivity index (χ2v) is 7.32. The Kier molecular flexibility index (Phi) is 3.21. The van der Waals surface area contributed by atoms with Gasteiger partial charge in [0.25, 0.3) is 5.91 Å². The molecule has 1 unspecified atom stereocenters. The van der Waals surface area contributed by atoms with Crippen LogP contribution in [0.15, 0.2) is 59.7 Å². The monoisotopic (exact) mass is 359 g/mol. The van der Waals surface area contributed by atoms with Crippen LogP contribution in [0.5, 0.6) is 0 Å². The number of carbonyl (C=O) groups excluding carboxylic acids is 1. The predicted octanol–water partition coefficient (Wildman–Crippen LogP) is 4.00. The molecule has 0 aromatic heterocycles. The number of hydrazone groups is 1. The molecule has 0 saturated heterocycles. The van der Waals surface area contributed by atoms with Gasteiger partial charge in [0.1, 0.15) is 0 Å². The average Bonchev–Trinajstić information content (AvgIpc) is 2.95. The number of rotatable bonds is 1. The van der Waals surface area contributed by atoms with Gasteiger partial charge in [0.15, 0.2) is 0 Å². The van der Waals surface area contributed by atoms with E-state index in [1.54, 1.807) is 29.9 Å². The zero-order valence-electron chi connectivity index (χ0n) is 13.2. The highest BCUT2D eigenvalue weighted by Crippen LogP contribution is 2.57. The molecule has 2 heterocycles. The highest BCUT2D eigenvalue weighted by Gasteiger charge is 2.68. The minimum Gasteiger partial charge on any atom is -0.310 e. The molecule has 0 saturated carbocycles. The van der Waals surface area contributed by atoms with Crippen LogP contribution >= 0.6 is 23.2 Å². The van der Waals surface area contributed by atoms with E-state index in [4.69, 9.17) is 23.2 Å². The molecule has 1 amide bonds. The molecule has 1 spiro atoms. The lowest BCUT2D eigenvalue weighted by atomic mass is 9.92. The molecule has 2 aliphatic heterocycles. The molecule has 0 aliphatic carbocycles. The van der Waals surface area contributed by atoms with Crippen LogP contribution in [-0.4, -0.2) is 27.9 Å². The van der Waals surface area contributed by atoms with Gasteiger partial charge in [0.05, 0.1) is 11.4 Å². The Bertz CT molecular complexity index is 866. The SMILES string of the molecule is CC1=NN(c2ccccc2)C2(c3ccccc3C(=O)N2C)C1(Cl)Cl. The number of hydrogen-bond donors (Lipinski definition) is 0. The highest BCUT2D eigenvalue weighted by atomic mass is 35.5. The molecule has 2 aromatic carbocycles. The van der Waals surface area contributed by atoms with Crippen molar-refractivity contribution in [2.24, 2.45) is 5.10 Å². The first-order valence-corrected chi connectivity index (χ1v) is 8.34. The number of hydrogen-bond acceptors (Lipinski definition) is 3. The largest absolute Gasteiger partial charge is 0.310 e. The first-order valence-electron chi connectivity index (χ1n) is 7.59. The van der Waals surface area contributed by atoms with E-state index in [0.29, 0.717) is 11.3 Å². The fourth-order valence-corrected chi connectivity index (χ4v) is 4.29. The van der Waals surface area contributed by atoms with Gasteiger partial charge < -0.3 is 4.90 Å². The Morgan fingerprint density at radius 2 is 1.62 bits per heavy atom. The number of nitrogens with zero attached hydrogens (tertiary/aromatic N) is 3. The molecular formula is C18H15Cl2N3O. The molecule has 0 radical (unpaired) electrons. The van der Waals surface area contributed by atoms with Gasteiger partial charge in [-0.05, 0) is 25.1 Å². The summed E-state index contributed by atoms with van der Waals surface area (Å²) in [6.07, 6.45) is 0. The minimum atomic E-state index is -1.38. The number of fused-ring (bicyclic) bond motifs is 2. The standard InChI is InChI=1S/C18H15Cl2N3O/c1-12-17(19,20)18(23(21-12)13-8-4-3-5-9-13)15-11-7-6-10-14(15)16(24)22(18)2/h3-11H,1-2H3. The van der Waals surface area contributed by atoms with Crippen LogP contribution < -0.4 is 5.01 Å². The summed E-state index contributed by atoms with van der Waals surface area (Å²) < 4.78 is -1.38. The van der Waals surface area contributed by atoms with Gasteiger partial charge in [-0.2, -0.15) is 5.10 Å². The number of halogens is 2. The highest BCUT2D eigenvalue weighted by molar-refractivity contribution is 6.60. The number of para-hydroxylation sites is 1. The van der Waals surface area contributed by atoms with Crippen LogP contribution in [-0.2, 0) is 5.66 Å².